The van der Waals surface area contributed by atoms with E-state index in [9.17, 15) is 4.79 Å². The molecule has 0 unspecified atom stereocenters. The van der Waals surface area contributed by atoms with Crippen molar-refractivity contribution < 1.29 is 4.79 Å². The van der Waals surface area contributed by atoms with Crippen LogP contribution in [0.4, 0.5) is 5.69 Å². The molecule has 0 spiro atoms. The number of carbonyl (C=O) groups excluding carboxylic acids is 1. The molecule has 0 bridgehead atoms. The normalized spacial score (nSPS) is 10.8. The van der Waals surface area contributed by atoms with Crippen LogP contribution < -0.4 is 4.90 Å². The van der Waals surface area contributed by atoms with Crippen molar-refractivity contribution in [3.05, 3.63) is 65.7 Å². The van der Waals surface area contributed by atoms with Gasteiger partial charge in [-0.3, -0.25) is 9.69 Å². The molecule has 0 aliphatic rings. The average molecular weight is 310 g/mol. The fraction of sp³-hybridized carbons (Fsp3) is 0.350. The van der Waals surface area contributed by atoms with Gasteiger partial charge in [-0.25, -0.2) is 0 Å². The summed E-state index contributed by atoms with van der Waals surface area (Å²) >= 11 is 0. The number of hydrogen-bond donors (Lipinski definition) is 0. The number of anilines is 1. The SMILES string of the molecule is CCN(CC)CC(=O)N(Cc1ccccc1)c1cccc(C)c1. The lowest BCUT2D eigenvalue weighted by atomic mass is 10.1. The van der Waals surface area contributed by atoms with Crippen molar-refractivity contribution in [2.24, 2.45) is 0 Å². The van der Waals surface area contributed by atoms with Gasteiger partial charge in [-0.15, -0.1) is 0 Å². The molecule has 122 valence electrons. The van der Waals surface area contributed by atoms with Crippen molar-refractivity contribution in [3.63, 3.8) is 0 Å². The van der Waals surface area contributed by atoms with Crippen LogP contribution in [0, 0.1) is 6.92 Å². The number of hydrogen-bond acceptors (Lipinski definition) is 2. The van der Waals surface area contributed by atoms with Crippen LogP contribution >= 0.6 is 0 Å². The predicted octanol–water partition coefficient (Wildman–Crippen LogP) is 3.87. The van der Waals surface area contributed by atoms with Gasteiger partial charge in [0.25, 0.3) is 0 Å². The van der Waals surface area contributed by atoms with Crippen molar-refractivity contribution in [1.29, 1.82) is 0 Å². The summed E-state index contributed by atoms with van der Waals surface area (Å²) in [6, 6.07) is 18.3. The van der Waals surface area contributed by atoms with Crippen LogP contribution in [0.25, 0.3) is 0 Å². The quantitative estimate of drug-likeness (QED) is 0.775. The van der Waals surface area contributed by atoms with Crippen LogP contribution in [0.2, 0.25) is 0 Å². The minimum Gasteiger partial charge on any atom is -0.307 e. The van der Waals surface area contributed by atoms with Crippen LogP contribution in [0.3, 0.4) is 0 Å². The van der Waals surface area contributed by atoms with E-state index in [1.165, 1.54) is 0 Å². The monoisotopic (exact) mass is 310 g/mol. The van der Waals surface area contributed by atoms with Crippen LogP contribution in [0.15, 0.2) is 54.6 Å². The molecular formula is C20H26N2O. The first-order valence-corrected chi connectivity index (χ1v) is 8.27. The Hall–Kier alpha value is -2.13. The Labute approximate surface area is 139 Å². The highest BCUT2D eigenvalue weighted by Crippen LogP contribution is 2.19. The lowest BCUT2D eigenvalue weighted by molar-refractivity contribution is -0.119. The first-order valence-electron chi connectivity index (χ1n) is 8.27. The molecule has 0 fully saturated rings. The number of rotatable bonds is 7. The maximum atomic E-state index is 12.9. The van der Waals surface area contributed by atoms with E-state index in [0.717, 1.165) is 29.9 Å². The van der Waals surface area contributed by atoms with E-state index in [2.05, 4.69) is 49.9 Å². The maximum absolute atomic E-state index is 12.9. The Bertz CT molecular complexity index is 621. The molecule has 0 aliphatic heterocycles. The van der Waals surface area contributed by atoms with Gasteiger partial charge in [-0.05, 0) is 43.3 Å². The largest absolute Gasteiger partial charge is 0.307 e. The molecule has 0 aliphatic carbocycles. The molecule has 0 heterocycles. The Kier molecular flexibility index (Phi) is 6.36. The second-order valence-corrected chi connectivity index (χ2v) is 5.77. The van der Waals surface area contributed by atoms with E-state index in [0.29, 0.717) is 13.1 Å². The summed E-state index contributed by atoms with van der Waals surface area (Å²) in [5, 5.41) is 0. The number of nitrogens with zero attached hydrogens (tertiary/aromatic N) is 2. The Morgan fingerprint density at radius 1 is 0.957 bits per heavy atom. The minimum absolute atomic E-state index is 0.142. The second kappa shape index (κ2) is 8.49. The zero-order chi connectivity index (χ0) is 16.7. The molecule has 2 aromatic carbocycles. The molecule has 0 N–H and O–H groups in total. The first kappa shape index (κ1) is 17.2. The topological polar surface area (TPSA) is 23.6 Å². The Morgan fingerprint density at radius 2 is 1.65 bits per heavy atom. The third-order valence-electron chi connectivity index (χ3n) is 4.05. The van der Waals surface area contributed by atoms with E-state index >= 15 is 0 Å². The van der Waals surface area contributed by atoms with E-state index in [-0.39, 0.29) is 5.91 Å². The molecule has 2 aromatic rings. The molecule has 3 heteroatoms. The minimum atomic E-state index is 0.142. The highest BCUT2D eigenvalue weighted by molar-refractivity contribution is 5.94. The Morgan fingerprint density at radius 3 is 2.26 bits per heavy atom. The van der Waals surface area contributed by atoms with E-state index in [1.807, 2.05) is 35.2 Å². The molecular weight excluding hydrogens is 284 g/mol. The number of benzene rings is 2. The first-order chi connectivity index (χ1) is 11.1. The maximum Gasteiger partial charge on any atom is 0.241 e. The lowest BCUT2D eigenvalue weighted by Crippen LogP contribution is -2.40. The molecule has 2 rings (SSSR count). The van der Waals surface area contributed by atoms with Gasteiger partial charge >= 0.3 is 0 Å². The van der Waals surface area contributed by atoms with Crippen LogP contribution in [-0.2, 0) is 11.3 Å². The van der Waals surface area contributed by atoms with Gasteiger partial charge in [-0.1, -0.05) is 56.3 Å². The molecule has 0 atom stereocenters. The van der Waals surface area contributed by atoms with Crippen LogP contribution in [0.5, 0.6) is 0 Å². The van der Waals surface area contributed by atoms with Crippen molar-refractivity contribution in [1.82, 2.24) is 4.90 Å². The van der Waals surface area contributed by atoms with E-state index in [4.69, 9.17) is 0 Å². The molecule has 1 amide bonds. The van der Waals surface area contributed by atoms with Gasteiger partial charge in [0.2, 0.25) is 5.91 Å². The third-order valence-corrected chi connectivity index (χ3v) is 4.05. The molecule has 0 aromatic heterocycles. The highest BCUT2D eigenvalue weighted by Gasteiger charge is 2.18. The summed E-state index contributed by atoms with van der Waals surface area (Å²) in [7, 11) is 0. The number of aryl methyl sites for hydroxylation is 1. The van der Waals surface area contributed by atoms with Gasteiger partial charge in [0, 0.05) is 5.69 Å². The molecule has 0 saturated carbocycles. The van der Waals surface area contributed by atoms with Gasteiger partial charge < -0.3 is 4.90 Å². The highest BCUT2D eigenvalue weighted by atomic mass is 16.2. The van der Waals surface area contributed by atoms with Gasteiger partial charge in [0.05, 0.1) is 13.1 Å². The lowest BCUT2D eigenvalue weighted by Gasteiger charge is -2.27. The van der Waals surface area contributed by atoms with Crippen LogP contribution in [-0.4, -0.2) is 30.4 Å². The zero-order valence-electron chi connectivity index (χ0n) is 14.3. The average Bonchev–Trinajstić information content (AvgIpc) is 2.58. The van der Waals surface area contributed by atoms with Gasteiger partial charge in [0.1, 0.15) is 0 Å². The number of likely N-dealkylation sites (N-methyl/N-ethyl adjacent to an activating group) is 1. The zero-order valence-corrected chi connectivity index (χ0v) is 14.3. The molecule has 0 radical (unpaired) electrons. The molecule has 3 nitrogen and oxygen atoms in total. The summed E-state index contributed by atoms with van der Waals surface area (Å²) in [4.78, 5) is 16.9. The molecule has 23 heavy (non-hydrogen) atoms. The van der Waals surface area contributed by atoms with Crippen molar-refractivity contribution in [2.75, 3.05) is 24.5 Å². The Balaban J connectivity index is 2.25. The fourth-order valence-electron chi connectivity index (χ4n) is 2.61. The van der Waals surface area contributed by atoms with Crippen molar-refractivity contribution in [2.45, 2.75) is 27.3 Å². The van der Waals surface area contributed by atoms with Crippen LogP contribution in [0.1, 0.15) is 25.0 Å². The molecule has 0 saturated heterocycles. The van der Waals surface area contributed by atoms with Crippen molar-refractivity contribution in [3.8, 4) is 0 Å². The summed E-state index contributed by atoms with van der Waals surface area (Å²) in [5.74, 6) is 0.142. The number of carbonyl (C=O) groups is 1. The summed E-state index contributed by atoms with van der Waals surface area (Å²) in [5.41, 5.74) is 3.27. The van der Waals surface area contributed by atoms with E-state index < -0.39 is 0 Å². The summed E-state index contributed by atoms with van der Waals surface area (Å²) in [6.07, 6.45) is 0. The summed E-state index contributed by atoms with van der Waals surface area (Å²) < 4.78 is 0. The van der Waals surface area contributed by atoms with Gasteiger partial charge in [0.15, 0.2) is 0 Å². The second-order valence-electron chi connectivity index (χ2n) is 5.77. The number of amides is 1. The third kappa shape index (κ3) is 4.93. The smallest absolute Gasteiger partial charge is 0.241 e. The van der Waals surface area contributed by atoms with E-state index in [1.54, 1.807) is 0 Å². The fourth-order valence-corrected chi connectivity index (χ4v) is 2.61. The van der Waals surface area contributed by atoms with Crippen molar-refractivity contribution >= 4 is 11.6 Å². The predicted molar refractivity (Wildman–Crippen MR) is 96.6 cm³/mol. The van der Waals surface area contributed by atoms with Gasteiger partial charge in [-0.2, -0.15) is 0 Å². The summed E-state index contributed by atoms with van der Waals surface area (Å²) in [6.45, 7) is 9.05. The standard InChI is InChI=1S/C20H26N2O/c1-4-21(5-2)16-20(23)22(15-18-11-7-6-8-12-18)19-13-9-10-17(3)14-19/h6-14H,4-5,15-16H2,1-3H3.